The van der Waals surface area contributed by atoms with E-state index in [4.69, 9.17) is 10.6 Å². The van der Waals surface area contributed by atoms with Gasteiger partial charge in [0.2, 0.25) is 0 Å². The first-order valence-corrected chi connectivity index (χ1v) is 5.55. The third-order valence-electron chi connectivity index (χ3n) is 2.79. The Kier molecular flexibility index (Phi) is 6.10. The zero-order valence-corrected chi connectivity index (χ0v) is 9.17. The molecule has 1 aliphatic heterocycles. The van der Waals surface area contributed by atoms with Gasteiger partial charge in [0.25, 0.3) is 0 Å². The summed E-state index contributed by atoms with van der Waals surface area (Å²) in [5, 5.41) is 5.35. The molecular formula is C10H23N3O. The third-order valence-corrected chi connectivity index (χ3v) is 2.79. The Morgan fingerprint density at radius 3 is 2.71 bits per heavy atom. The molecule has 14 heavy (non-hydrogen) atoms. The van der Waals surface area contributed by atoms with Crippen molar-refractivity contribution in [2.45, 2.75) is 31.7 Å². The van der Waals surface area contributed by atoms with Gasteiger partial charge < -0.3 is 10.1 Å². The average molecular weight is 201 g/mol. The van der Waals surface area contributed by atoms with Crippen molar-refractivity contribution in [2.75, 3.05) is 33.4 Å². The molecule has 0 saturated carbocycles. The van der Waals surface area contributed by atoms with Crippen molar-refractivity contribution in [3.05, 3.63) is 0 Å². The van der Waals surface area contributed by atoms with Crippen molar-refractivity contribution in [2.24, 2.45) is 5.84 Å². The fourth-order valence-corrected chi connectivity index (χ4v) is 1.86. The second-order valence-electron chi connectivity index (χ2n) is 3.92. The van der Waals surface area contributed by atoms with Crippen LogP contribution in [0.3, 0.4) is 0 Å². The molecule has 0 aliphatic carbocycles. The second kappa shape index (κ2) is 7.17. The normalized spacial score (nSPS) is 19.1. The Morgan fingerprint density at radius 1 is 1.36 bits per heavy atom. The van der Waals surface area contributed by atoms with Gasteiger partial charge in [-0.3, -0.25) is 5.84 Å². The predicted molar refractivity (Wildman–Crippen MR) is 57.9 cm³/mol. The molecule has 0 aromatic rings. The Bertz CT molecular complexity index is 137. The van der Waals surface area contributed by atoms with Gasteiger partial charge in [-0.1, -0.05) is 0 Å². The minimum absolute atomic E-state index is 0.582. The number of hydrazine groups is 1. The van der Waals surface area contributed by atoms with Crippen LogP contribution in [0.2, 0.25) is 0 Å². The van der Waals surface area contributed by atoms with Crippen molar-refractivity contribution in [3.8, 4) is 0 Å². The van der Waals surface area contributed by atoms with Gasteiger partial charge in [0.1, 0.15) is 0 Å². The first kappa shape index (κ1) is 11.9. The molecule has 0 aromatic carbocycles. The number of unbranched alkanes of at least 4 members (excludes halogenated alkanes) is 1. The second-order valence-corrected chi connectivity index (χ2v) is 3.92. The van der Waals surface area contributed by atoms with E-state index in [9.17, 15) is 0 Å². The topological polar surface area (TPSA) is 50.5 Å². The number of nitrogens with two attached hydrogens (primary N) is 1. The summed E-state index contributed by atoms with van der Waals surface area (Å²) in [6.07, 6.45) is 4.60. The SMILES string of the molecule is COCCCCN(N)C1CCNCC1. The van der Waals surface area contributed by atoms with Gasteiger partial charge in [-0.25, -0.2) is 5.01 Å². The molecule has 0 bridgehead atoms. The molecule has 4 heteroatoms. The quantitative estimate of drug-likeness (QED) is 0.370. The summed E-state index contributed by atoms with van der Waals surface area (Å²) in [4.78, 5) is 0. The number of methoxy groups -OCH3 is 1. The highest BCUT2D eigenvalue weighted by molar-refractivity contribution is 4.74. The van der Waals surface area contributed by atoms with E-state index in [0.717, 1.165) is 39.1 Å². The largest absolute Gasteiger partial charge is 0.385 e. The van der Waals surface area contributed by atoms with Crippen LogP contribution in [0.5, 0.6) is 0 Å². The summed E-state index contributed by atoms with van der Waals surface area (Å²) < 4.78 is 5.00. The molecule has 1 fully saturated rings. The van der Waals surface area contributed by atoms with E-state index in [1.54, 1.807) is 7.11 Å². The first-order valence-electron chi connectivity index (χ1n) is 5.55. The standard InChI is InChI=1S/C10H23N3O/c1-14-9-3-2-8-13(11)10-4-6-12-7-5-10/h10,12H,2-9,11H2,1H3. The monoisotopic (exact) mass is 201 g/mol. The van der Waals surface area contributed by atoms with Gasteiger partial charge in [-0.05, 0) is 38.8 Å². The lowest BCUT2D eigenvalue weighted by atomic mass is 10.1. The van der Waals surface area contributed by atoms with Crippen molar-refractivity contribution in [1.82, 2.24) is 10.3 Å². The van der Waals surface area contributed by atoms with Crippen LogP contribution in [-0.4, -0.2) is 44.4 Å². The summed E-state index contributed by atoms with van der Waals surface area (Å²) in [6.45, 7) is 4.06. The fraction of sp³-hybridized carbons (Fsp3) is 1.00. The average Bonchev–Trinajstić information content (AvgIpc) is 2.25. The highest BCUT2D eigenvalue weighted by Crippen LogP contribution is 2.08. The molecule has 3 N–H and O–H groups in total. The molecule has 0 aromatic heterocycles. The number of nitrogens with one attached hydrogen (secondary N) is 1. The Balaban J connectivity index is 2.04. The molecule has 1 rings (SSSR count). The highest BCUT2D eigenvalue weighted by atomic mass is 16.5. The van der Waals surface area contributed by atoms with E-state index in [2.05, 4.69) is 5.32 Å². The lowest BCUT2D eigenvalue weighted by molar-refractivity contribution is 0.148. The molecule has 0 atom stereocenters. The van der Waals surface area contributed by atoms with Crippen LogP contribution in [-0.2, 0) is 4.74 Å². The van der Waals surface area contributed by atoms with Crippen molar-refractivity contribution >= 4 is 0 Å². The van der Waals surface area contributed by atoms with E-state index in [1.165, 1.54) is 12.8 Å². The molecule has 1 heterocycles. The van der Waals surface area contributed by atoms with E-state index < -0.39 is 0 Å². The molecular weight excluding hydrogens is 178 g/mol. The number of hydrogen-bond acceptors (Lipinski definition) is 4. The fourth-order valence-electron chi connectivity index (χ4n) is 1.86. The molecule has 1 saturated heterocycles. The number of nitrogens with zero attached hydrogens (tertiary/aromatic N) is 1. The van der Waals surface area contributed by atoms with Gasteiger partial charge in [-0.2, -0.15) is 0 Å². The molecule has 0 spiro atoms. The maximum Gasteiger partial charge on any atom is 0.0462 e. The van der Waals surface area contributed by atoms with E-state index in [0.29, 0.717) is 6.04 Å². The molecule has 0 amide bonds. The Hall–Kier alpha value is -0.160. The highest BCUT2D eigenvalue weighted by Gasteiger charge is 2.17. The maximum atomic E-state index is 6.00. The minimum atomic E-state index is 0.582. The van der Waals surface area contributed by atoms with Crippen LogP contribution in [0.4, 0.5) is 0 Å². The molecule has 84 valence electrons. The van der Waals surface area contributed by atoms with Gasteiger partial charge in [0.15, 0.2) is 0 Å². The molecule has 0 radical (unpaired) electrons. The number of piperidine rings is 1. The zero-order chi connectivity index (χ0) is 10.2. The molecule has 4 nitrogen and oxygen atoms in total. The van der Waals surface area contributed by atoms with Gasteiger partial charge in [0.05, 0.1) is 0 Å². The minimum Gasteiger partial charge on any atom is -0.385 e. The number of rotatable bonds is 6. The predicted octanol–water partition coefficient (Wildman–Crippen LogP) is 0.341. The van der Waals surface area contributed by atoms with Crippen LogP contribution >= 0.6 is 0 Å². The maximum absolute atomic E-state index is 6.00. The summed E-state index contributed by atoms with van der Waals surface area (Å²) in [6, 6.07) is 0.582. The van der Waals surface area contributed by atoms with Crippen molar-refractivity contribution in [3.63, 3.8) is 0 Å². The Labute approximate surface area is 86.8 Å². The van der Waals surface area contributed by atoms with E-state index in [-0.39, 0.29) is 0 Å². The summed E-state index contributed by atoms with van der Waals surface area (Å²) in [5.74, 6) is 6.00. The van der Waals surface area contributed by atoms with Crippen LogP contribution < -0.4 is 11.2 Å². The smallest absolute Gasteiger partial charge is 0.0462 e. The van der Waals surface area contributed by atoms with Crippen LogP contribution in [0, 0.1) is 0 Å². The summed E-state index contributed by atoms with van der Waals surface area (Å²) in [7, 11) is 1.74. The number of hydrogen-bond donors (Lipinski definition) is 2. The van der Waals surface area contributed by atoms with Gasteiger partial charge in [0, 0.05) is 26.3 Å². The first-order chi connectivity index (χ1) is 6.84. The molecule has 1 aliphatic rings. The summed E-state index contributed by atoms with van der Waals surface area (Å²) in [5.41, 5.74) is 0. The lowest BCUT2D eigenvalue weighted by Gasteiger charge is -2.30. The van der Waals surface area contributed by atoms with Gasteiger partial charge in [-0.15, -0.1) is 0 Å². The van der Waals surface area contributed by atoms with Crippen molar-refractivity contribution < 1.29 is 4.74 Å². The third kappa shape index (κ3) is 4.37. The zero-order valence-electron chi connectivity index (χ0n) is 9.17. The number of ether oxygens (including phenoxy) is 1. The van der Waals surface area contributed by atoms with Gasteiger partial charge >= 0.3 is 0 Å². The molecule has 0 unspecified atom stereocenters. The van der Waals surface area contributed by atoms with Crippen molar-refractivity contribution in [1.29, 1.82) is 0 Å². The summed E-state index contributed by atoms with van der Waals surface area (Å²) >= 11 is 0. The van der Waals surface area contributed by atoms with E-state index in [1.807, 2.05) is 5.01 Å². The Morgan fingerprint density at radius 2 is 2.07 bits per heavy atom. The van der Waals surface area contributed by atoms with Crippen LogP contribution in [0.15, 0.2) is 0 Å². The van der Waals surface area contributed by atoms with Crippen LogP contribution in [0.1, 0.15) is 25.7 Å². The van der Waals surface area contributed by atoms with Crippen LogP contribution in [0.25, 0.3) is 0 Å². The van der Waals surface area contributed by atoms with E-state index >= 15 is 0 Å². The lowest BCUT2D eigenvalue weighted by Crippen LogP contribution is -2.47.